The molecule has 1 aliphatic rings. The van der Waals surface area contributed by atoms with Crippen molar-refractivity contribution < 1.29 is 13.2 Å². The summed E-state index contributed by atoms with van der Waals surface area (Å²) in [5, 5.41) is 0.0772. The number of aromatic nitrogens is 2. The van der Waals surface area contributed by atoms with Gasteiger partial charge in [0, 0.05) is 38.2 Å². The molecule has 19 heavy (non-hydrogen) atoms. The van der Waals surface area contributed by atoms with Gasteiger partial charge in [0.1, 0.15) is 11.6 Å². The molecule has 0 N–H and O–H groups in total. The molecule has 0 radical (unpaired) electrons. The second-order valence-corrected chi connectivity index (χ2v) is 6.78. The van der Waals surface area contributed by atoms with Crippen LogP contribution in [0.15, 0.2) is 11.2 Å². The quantitative estimate of drug-likeness (QED) is 0.824. The third-order valence-corrected chi connectivity index (χ3v) is 5.27. The van der Waals surface area contributed by atoms with E-state index in [0.717, 1.165) is 0 Å². The number of nitrogens with zero attached hydrogens (tertiary/aromatic N) is 3. The molecule has 2 heterocycles. The van der Waals surface area contributed by atoms with Crippen LogP contribution in [0.5, 0.6) is 0 Å². The molecule has 2 rings (SSSR count). The van der Waals surface area contributed by atoms with Gasteiger partial charge >= 0.3 is 0 Å². The number of imidazole rings is 1. The smallest absolute Gasteiger partial charge is 0.262 e. The Morgan fingerprint density at radius 3 is 2.68 bits per heavy atom. The van der Waals surface area contributed by atoms with E-state index in [-0.39, 0.29) is 36.2 Å². The van der Waals surface area contributed by atoms with Crippen molar-refractivity contribution in [2.75, 3.05) is 13.1 Å². The summed E-state index contributed by atoms with van der Waals surface area (Å²) in [6.45, 7) is 6.67. The third kappa shape index (κ3) is 2.57. The number of piperidine rings is 1. The van der Waals surface area contributed by atoms with Gasteiger partial charge in [0.2, 0.25) is 0 Å². The molecule has 1 saturated heterocycles. The number of ketones is 1. The summed E-state index contributed by atoms with van der Waals surface area (Å²) >= 11 is 0. The van der Waals surface area contributed by atoms with Crippen LogP contribution in [0.2, 0.25) is 0 Å². The van der Waals surface area contributed by atoms with Gasteiger partial charge in [0.25, 0.3) is 10.0 Å². The summed E-state index contributed by atoms with van der Waals surface area (Å²) < 4.78 is 28.1. The van der Waals surface area contributed by atoms with Gasteiger partial charge in [-0.2, -0.15) is 4.31 Å². The summed E-state index contributed by atoms with van der Waals surface area (Å²) in [5.74, 6) is 0.571. The molecule has 0 aliphatic carbocycles. The van der Waals surface area contributed by atoms with Crippen LogP contribution in [-0.2, 0) is 21.4 Å². The van der Waals surface area contributed by atoms with Crippen molar-refractivity contribution in [3.63, 3.8) is 0 Å². The van der Waals surface area contributed by atoms with Crippen LogP contribution in [-0.4, -0.2) is 41.1 Å². The molecule has 1 aromatic heterocycles. The van der Waals surface area contributed by atoms with Crippen LogP contribution in [0.4, 0.5) is 0 Å². The van der Waals surface area contributed by atoms with Crippen LogP contribution < -0.4 is 0 Å². The predicted octanol–water partition coefficient (Wildman–Crippen LogP) is 0.811. The molecule has 1 fully saturated rings. The zero-order valence-electron chi connectivity index (χ0n) is 11.5. The van der Waals surface area contributed by atoms with E-state index >= 15 is 0 Å². The Bertz CT molecular complexity index is 591. The van der Waals surface area contributed by atoms with Gasteiger partial charge in [0.05, 0.1) is 0 Å². The summed E-state index contributed by atoms with van der Waals surface area (Å²) in [4.78, 5) is 15.6. The third-order valence-electron chi connectivity index (χ3n) is 3.53. The van der Waals surface area contributed by atoms with Crippen LogP contribution >= 0.6 is 0 Å². The van der Waals surface area contributed by atoms with E-state index in [2.05, 4.69) is 4.98 Å². The van der Waals surface area contributed by atoms with E-state index in [1.54, 1.807) is 24.6 Å². The number of sulfonamides is 1. The molecule has 0 bridgehead atoms. The highest BCUT2D eigenvalue weighted by molar-refractivity contribution is 7.89. The van der Waals surface area contributed by atoms with Crippen molar-refractivity contribution in [2.24, 2.45) is 5.92 Å². The lowest BCUT2D eigenvalue weighted by Crippen LogP contribution is -2.43. The van der Waals surface area contributed by atoms with Crippen molar-refractivity contribution in [1.82, 2.24) is 13.9 Å². The Balaban J connectivity index is 2.29. The fraction of sp³-hybridized carbons (Fsp3) is 0.667. The molecule has 0 amide bonds. The molecule has 1 aliphatic heterocycles. The Morgan fingerprint density at radius 1 is 1.47 bits per heavy atom. The molecule has 1 unspecified atom stereocenters. The normalized spacial score (nSPS) is 21.8. The molecule has 6 nitrogen and oxygen atoms in total. The maximum absolute atomic E-state index is 12.5. The number of hydrogen-bond acceptors (Lipinski definition) is 4. The van der Waals surface area contributed by atoms with E-state index in [9.17, 15) is 13.2 Å². The van der Waals surface area contributed by atoms with Gasteiger partial charge in [-0.3, -0.25) is 4.79 Å². The first-order valence-corrected chi connectivity index (χ1v) is 7.87. The predicted molar refractivity (Wildman–Crippen MR) is 70.2 cm³/mol. The Kier molecular flexibility index (Phi) is 3.78. The highest BCUT2D eigenvalue weighted by atomic mass is 32.2. The molecular weight excluding hydrogens is 266 g/mol. The molecule has 1 atom stereocenters. The van der Waals surface area contributed by atoms with Gasteiger partial charge in [-0.05, 0) is 13.8 Å². The van der Waals surface area contributed by atoms with E-state index in [1.807, 2.05) is 6.92 Å². The van der Waals surface area contributed by atoms with Crippen molar-refractivity contribution in [1.29, 1.82) is 0 Å². The Hall–Kier alpha value is -1.21. The first-order valence-electron chi connectivity index (χ1n) is 6.43. The Labute approximate surface area is 113 Å². The van der Waals surface area contributed by atoms with E-state index in [1.165, 1.54) is 4.31 Å². The highest BCUT2D eigenvalue weighted by Gasteiger charge is 2.33. The standard InChI is InChI=1S/C12H19N3O3S/c1-4-14-8-12(13-10(14)3)19(17,18)15-6-5-11(16)9(2)7-15/h8-9H,4-7H2,1-3H3. The summed E-state index contributed by atoms with van der Waals surface area (Å²) in [7, 11) is -3.58. The lowest BCUT2D eigenvalue weighted by Gasteiger charge is -2.28. The van der Waals surface area contributed by atoms with Gasteiger partial charge in [-0.15, -0.1) is 0 Å². The average molecular weight is 285 g/mol. The van der Waals surface area contributed by atoms with Gasteiger partial charge in [-0.25, -0.2) is 13.4 Å². The van der Waals surface area contributed by atoms with Gasteiger partial charge < -0.3 is 4.57 Å². The van der Waals surface area contributed by atoms with Gasteiger partial charge in [-0.1, -0.05) is 6.92 Å². The number of aryl methyl sites for hydroxylation is 2. The lowest BCUT2D eigenvalue weighted by molar-refractivity contribution is -0.124. The second kappa shape index (κ2) is 5.05. The van der Waals surface area contributed by atoms with Gasteiger partial charge in [0.15, 0.2) is 5.03 Å². The van der Waals surface area contributed by atoms with Crippen molar-refractivity contribution >= 4 is 15.8 Å². The van der Waals surface area contributed by atoms with E-state index < -0.39 is 10.0 Å². The summed E-state index contributed by atoms with van der Waals surface area (Å²) in [5.41, 5.74) is 0. The van der Waals surface area contributed by atoms with Crippen molar-refractivity contribution in [2.45, 2.75) is 38.8 Å². The number of carbonyl (C=O) groups excluding carboxylic acids is 1. The summed E-state index contributed by atoms with van der Waals surface area (Å²) in [6, 6.07) is 0. The zero-order valence-corrected chi connectivity index (χ0v) is 12.3. The highest BCUT2D eigenvalue weighted by Crippen LogP contribution is 2.21. The number of rotatable bonds is 3. The first-order chi connectivity index (χ1) is 8.86. The van der Waals surface area contributed by atoms with Crippen molar-refractivity contribution in [3.8, 4) is 0 Å². The molecule has 106 valence electrons. The monoisotopic (exact) mass is 285 g/mol. The summed E-state index contributed by atoms with van der Waals surface area (Å²) in [6.07, 6.45) is 1.85. The lowest BCUT2D eigenvalue weighted by atomic mass is 10.0. The minimum atomic E-state index is -3.58. The topological polar surface area (TPSA) is 72.3 Å². The van der Waals surface area contributed by atoms with E-state index in [4.69, 9.17) is 0 Å². The molecule has 0 spiro atoms. The SMILES string of the molecule is CCn1cc(S(=O)(=O)N2CCC(=O)C(C)C2)nc1C. The fourth-order valence-corrected chi connectivity index (χ4v) is 3.78. The fourth-order valence-electron chi connectivity index (χ4n) is 2.25. The number of Topliss-reactive ketones (excluding diaryl/α,β-unsaturated/α-hetero) is 1. The Morgan fingerprint density at radius 2 is 2.16 bits per heavy atom. The molecule has 0 saturated carbocycles. The van der Waals surface area contributed by atoms with E-state index in [0.29, 0.717) is 12.4 Å². The molecule has 7 heteroatoms. The zero-order chi connectivity index (χ0) is 14.2. The number of hydrogen-bond donors (Lipinski definition) is 0. The minimum Gasteiger partial charge on any atom is -0.334 e. The molecular formula is C12H19N3O3S. The second-order valence-electron chi connectivity index (χ2n) is 4.89. The largest absolute Gasteiger partial charge is 0.334 e. The van der Waals surface area contributed by atoms with Crippen molar-refractivity contribution in [3.05, 3.63) is 12.0 Å². The number of carbonyl (C=O) groups is 1. The molecule has 0 aromatic carbocycles. The average Bonchev–Trinajstić information content (AvgIpc) is 2.74. The maximum Gasteiger partial charge on any atom is 0.262 e. The van der Waals surface area contributed by atoms with Crippen LogP contribution in [0, 0.1) is 12.8 Å². The van der Waals surface area contributed by atoms with Crippen LogP contribution in [0.3, 0.4) is 0 Å². The van der Waals surface area contributed by atoms with Crippen LogP contribution in [0.25, 0.3) is 0 Å². The first kappa shape index (κ1) is 14.2. The maximum atomic E-state index is 12.5. The molecule has 1 aromatic rings. The van der Waals surface area contributed by atoms with Crippen LogP contribution in [0.1, 0.15) is 26.1 Å². The minimum absolute atomic E-state index is 0.0772.